The summed E-state index contributed by atoms with van der Waals surface area (Å²) < 4.78 is 0. The summed E-state index contributed by atoms with van der Waals surface area (Å²) in [7, 11) is 1.96. The molecule has 1 N–H and O–H groups in total. The topological polar surface area (TPSA) is 90.4 Å². The van der Waals surface area contributed by atoms with Crippen molar-refractivity contribution in [1.82, 2.24) is 24.8 Å². The van der Waals surface area contributed by atoms with E-state index in [0.717, 1.165) is 64.8 Å². The summed E-state index contributed by atoms with van der Waals surface area (Å²) in [5, 5.41) is 4.17. The Morgan fingerprint density at radius 1 is 0.972 bits per heavy atom. The summed E-state index contributed by atoms with van der Waals surface area (Å²) in [4.78, 5) is 37.0. The third-order valence-corrected chi connectivity index (χ3v) is 7.42. The van der Waals surface area contributed by atoms with Crippen LogP contribution in [0.1, 0.15) is 12.6 Å². The summed E-state index contributed by atoms with van der Waals surface area (Å²) in [5.41, 5.74) is 3.79. The highest BCUT2D eigenvalue weighted by molar-refractivity contribution is 7.19. The Morgan fingerprint density at radius 3 is 2.44 bits per heavy atom. The van der Waals surface area contributed by atoms with Gasteiger partial charge in [0.05, 0.1) is 16.3 Å². The maximum atomic E-state index is 11.6. The molecule has 4 heterocycles. The lowest BCUT2D eigenvalue weighted by Crippen LogP contribution is -2.48. The first-order chi connectivity index (χ1) is 17.5. The molecule has 1 saturated heterocycles. The van der Waals surface area contributed by atoms with Gasteiger partial charge in [0, 0.05) is 63.9 Å². The number of pyridine rings is 1. The van der Waals surface area contributed by atoms with E-state index in [1.54, 1.807) is 30.7 Å². The second kappa shape index (κ2) is 10.3. The van der Waals surface area contributed by atoms with Gasteiger partial charge in [-0.05, 0) is 49.4 Å². The summed E-state index contributed by atoms with van der Waals surface area (Å²) in [6.45, 7) is 6.81. The zero-order valence-corrected chi connectivity index (χ0v) is 21.4. The van der Waals surface area contributed by atoms with E-state index in [9.17, 15) is 4.79 Å². The Balaban J connectivity index is 1.28. The average Bonchev–Trinajstić information content (AvgIpc) is 3.31. The fourth-order valence-corrected chi connectivity index (χ4v) is 5.13. The molecule has 36 heavy (non-hydrogen) atoms. The fraction of sp³-hybridized carbons (Fsp3) is 0.269. The molecule has 0 atom stereocenters. The van der Waals surface area contributed by atoms with Crippen LogP contribution < -0.4 is 15.1 Å². The van der Waals surface area contributed by atoms with Crippen LogP contribution in [0.15, 0.2) is 60.9 Å². The molecule has 1 aromatic carbocycles. The third kappa shape index (κ3) is 5.13. The van der Waals surface area contributed by atoms with Crippen molar-refractivity contribution in [3.63, 3.8) is 0 Å². The van der Waals surface area contributed by atoms with E-state index in [2.05, 4.69) is 32.3 Å². The number of anilines is 5. The van der Waals surface area contributed by atoms with Crippen LogP contribution in [0.5, 0.6) is 0 Å². The lowest BCUT2D eigenvalue weighted by Gasteiger charge is -2.35. The van der Waals surface area contributed by atoms with E-state index in [-0.39, 0.29) is 5.91 Å². The van der Waals surface area contributed by atoms with Gasteiger partial charge < -0.3 is 20.0 Å². The molecule has 3 aromatic heterocycles. The van der Waals surface area contributed by atoms with E-state index in [1.165, 1.54) is 0 Å². The van der Waals surface area contributed by atoms with Crippen molar-refractivity contribution in [2.45, 2.75) is 13.8 Å². The van der Waals surface area contributed by atoms with Crippen molar-refractivity contribution < 1.29 is 4.79 Å². The van der Waals surface area contributed by atoms with Gasteiger partial charge in [0.2, 0.25) is 11.9 Å². The van der Waals surface area contributed by atoms with E-state index < -0.39 is 0 Å². The number of aryl methyl sites for hydroxylation is 1. The predicted octanol–water partition coefficient (Wildman–Crippen LogP) is 4.48. The number of hydrogen-bond acceptors (Lipinski definition) is 9. The number of benzene rings is 1. The Bertz CT molecular complexity index is 1330. The summed E-state index contributed by atoms with van der Waals surface area (Å²) in [5.74, 6) is 1.51. The largest absolute Gasteiger partial charge is 0.368 e. The van der Waals surface area contributed by atoms with Crippen molar-refractivity contribution >= 4 is 45.5 Å². The smallest absolute Gasteiger partial charge is 0.227 e. The quantitative estimate of drug-likeness (QED) is 0.414. The normalized spacial score (nSPS) is 13.5. The molecular weight excluding hydrogens is 472 g/mol. The number of amides is 1. The number of carbonyl (C=O) groups is 1. The Labute approximate surface area is 214 Å². The number of nitrogens with zero attached hydrogens (tertiary/aromatic N) is 7. The molecule has 0 bridgehead atoms. The molecular formula is C26H28N8OS. The monoisotopic (exact) mass is 500 g/mol. The van der Waals surface area contributed by atoms with Crippen LogP contribution in [-0.4, -0.2) is 64.0 Å². The van der Waals surface area contributed by atoms with Gasteiger partial charge in [-0.25, -0.2) is 19.9 Å². The van der Waals surface area contributed by atoms with Gasteiger partial charge in [-0.1, -0.05) is 17.4 Å². The first kappa shape index (κ1) is 23.7. The van der Waals surface area contributed by atoms with Gasteiger partial charge in [-0.3, -0.25) is 4.79 Å². The number of hydrogen-bond donors (Lipinski definition) is 1. The second-order valence-corrected chi connectivity index (χ2v) is 9.57. The van der Waals surface area contributed by atoms with Gasteiger partial charge in [0.1, 0.15) is 5.82 Å². The van der Waals surface area contributed by atoms with Crippen LogP contribution in [0.3, 0.4) is 0 Å². The van der Waals surface area contributed by atoms with Crippen molar-refractivity contribution in [3.05, 3.63) is 66.6 Å². The van der Waals surface area contributed by atoms with Crippen LogP contribution in [0.4, 0.5) is 28.3 Å². The van der Waals surface area contributed by atoms with E-state index in [1.807, 2.05) is 60.2 Å². The summed E-state index contributed by atoms with van der Waals surface area (Å²) >= 11 is 1.58. The molecule has 0 unspecified atom stereocenters. The van der Waals surface area contributed by atoms with Gasteiger partial charge in [0.15, 0.2) is 5.13 Å². The highest BCUT2D eigenvalue weighted by Crippen LogP contribution is 2.35. The number of nitrogens with one attached hydrogen (secondary N) is 1. The minimum absolute atomic E-state index is 0.140. The minimum atomic E-state index is 0.140. The number of rotatable bonds is 6. The van der Waals surface area contributed by atoms with Crippen LogP contribution >= 0.6 is 11.3 Å². The number of piperazine rings is 1. The number of aromatic nitrogens is 4. The molecule has 1 aliphatic heterocycles. The Morgan fingerprint density at radius 2 is 1.75 bits per heavy atom. The first-order valence-corrected chi connectivity index (χ1v) is 12.6. The van der Waals surface area contributed by atoms with Crippen LogP contribution in [0.25, 0.3) is 10.6 Å². The molecule has 0 radical (unpaired) electrons. The lowest BCUT2D eigenvalue weighted by molar-refractivity contribution is -0.129. The fourth-order valence-electron chi connectivity index (χ4n) is 4.12. The van der Waals surface area contributed by atoms with Gasteiger partial charge >= 0.3 is 0 Å². The lowest BCUT2D eigenvalue weighted by atomic mass is 10.2. The maximum absolute atomic E-state index is 11.6. The van der Waals surface area contributed by atoms with Crippen LogP contribution in [-0.2, 0) is 4.79 Å². The molecule has 1 amide bonds. The zero-order chi connectivity index (χ0) is 25.1. The number of thiazole rings is 1. The predicted molar refractivity (Wildman–Crippen MR) is 144 cm³/mol. The van der Waals surface area contributed by atoms with Crippen LogP contribution in [0.2, 0.25) is 0 Å². The molecule has 5 rings (SSSR count). The average molecular weight is 501 g/mol. The molecule has 0 spiro atoms. The van der Waals surface area contributed by atoms with Gasteiger partial charge in [0.25, 0.3) is 0 Å². The summed E-state index contributed by atoms with van der Waals surface area (Å²) in [6.07, 6.45) is 3.53. The molecule has 184 valence electrons. The van der Waals surface area contributed by atoms with Crippen molar-refractivity contribution in [2.75, 3.05) is 48.3 Å². The SMILES string of the molecule is CC(=O)N1CCN(c2ccc(Nc3nccc(-c4sc(N(C)c5ccccn5)nc4C)n3)cc2)CC1. The van der Waals surface area contributed by atoms with E-state index in [0.29, 0.717) is 5.95 Å². The second-order valence-electron chi connectivity index (χ2n) is 8.59. The van der Waals surface area contributed by atoms with E-state index in [4.69, 9.17) is 9.97 Å². The van der Waals surface area contributed by atoms with Crippen molar-refractivity contribution in [1.29, 1.82) is 0 Å². The van der Waals surface area contributed by atoms with Gasteiger partial charge in [-0.15, -0.1) is 0 Å². The maximum Gasteiger partial charge on any atom is 0.227 e. The minimum Gasteiger partial charge on any atom is -0.368 e. The van der Waals surface area contributed by atoms with Crippen molar-refractivity contribution in [2.24, 2.45) is 0 Å². The highest BCUT2D eigenvalue weighted by Gasteiger charge is 2.19. The first-order valence-electron chi connectivity index (χ1n) is 11.8. The zero-order valence-electron chi connectivity index (χ0n) is 20.5. The highest BCUT2D eigenvalue weighted by atomic mass is 32.1. The third-order valence-electron chi connectivity index (χ3n) is 6.17. The molecule has 1 aliphatic rings. The van der Waals surface area contributed by atoms with Gasteiger partial charge in [-0.2, -0.15) is 0 Å². The molecule has 10 heteroatoms. The summed E-state index contributed by atoms with van der Waals surface area (Å²) in [6, 6.07) is 16.0. The molecule has 0 saturated carbocycles. The van der Waals surface area contributed by atoms with E-state index >= 15 is 0 Å². The van der Waals surface area contributed by atoms with Crippen molar-refractivity contribution in [3.8, 4) is 10.6 Å². The molecule has 1 fully saturated rings. The van der Waals surface area contributed by atoms with Crippen LogP contribution in [0, 0.1) is 6.92 Å². The number of carbonyl (C=O) groups excluding carboxylic acids is 1. The Kier molecular flexibility index (Phi) is 6.77. The Hall–Kier alpha value is -4.05. The molecule has 0 aliphatic carbocycles. The standard InChI is InChI=1S/C26H28N8OS/c1-18-24(36-26(29-18)32(3)23-6-4-5-12-27-23)22-11-13-28-25(31-22)30-20-7-9-21(10-8-20)34-16-14-33(15-17-34)19(2)35/h4-13H,14-17H2,1-3H3,(H,28,30,31). The molecule has 9 nitrogen and oxygen atoms in total. The molecule has 4 aromatic rings.